The van der Waals surface area contributed by atoms with Crippen LogP contribution in [0.25, 0.3) is 11.1 Å². The minimum Gasteiger partial charge on any atom is -0.513 e. The van der Waals surface area contributed by atoms with Gasteiger partial charge in [0, 0.05) is 12.0 Å². The van der Waals surface area contributed by atoms with Crippen LogP contribution >= 0.6 is 0 Å². The van der Waals surface area contributed by atoms with E-state index in [1.807, 2.05) is 24.3 Å². The first-order chi connectivity index (χ1) is 9.50. The Morgan fingerprint density at radius 1 is 1.10 bits per heavy atom. The van der Waals surface area contributed by atoms with Gasteiger partial charge in [0.2, 0.25) is 0 Å². The molecular weight excluding hydrogens is 248 g/mol. The van der Waals surface area contributed by atoms with Crippen molar-refractivity contribution in [3.8, 4) is 16.9 Å². The molecule has 2 nitrogen and oxygen atoms in total. The van der Waals surface area contributed by atoms with Gasteiger partial charge in [0.15, 0.2) is 0 Å². The summed E-state index contributed by atoms with van der Waals surface area (Å²) in [4.78, 5) is 0. The first-order valence-electron chi connectivity index (χ1n) is 6.77. The molecule has 2 N–H and O–H groups in total. The summed E-state index contributed by atoms with van der Waals surface area (Å²) < 4.78 is 0. The van der Waals surface area contributed by atoms with Crippen LogP contribution in [0.1, 0.15) is 30.9 Å². The Kier molecular flexibility index (Phi) is 4.14. The van der Waals surface area contributed by atoms with E-state index in [1.165, 1.54) is 5.56 Å². The standard InChI is InChI=1S/C18H20O2/c1-12(2)15-8-4-5-9-16(15)18-14(11-13(3)19)7-6-10-17(18)20/h4-10,12,19-20H,3,11H2,1-2H3. The van der Waals surface area contributed by atoms with Crippen molar-refractivity contribution in [2.24, 2.45) is 0 Å². The average Bonchev–Trinajstić information content (AvgIpc) is 2.38. The molecule has 0 aliphatic carbocycles. The van der Waals surface area contributed by atoms with Crippen LogP contribution in [-0.4, -0.2) is 10.2 Å². The summed E-state index contributed by atoms with van der Waals surface area (Å²) in [5.41, 5.74) is 3.85. The van der Waals surface area contributed by atoms with Gasteiger partial charge in [-0.05, 0) is 28.7 Å². The van der Waals surface area contributed by atoms with Gasteiger partial charge in [-0.15, -0.1) is 0 Å². The highest BCUT2D eigenvalue weighted by molar-refractivity contribution is 5.77. The van der Waals surface area contributed by atoms with Gasteiger partial charge in [0.25, 0.3) is 0 Å². The third kappa shape index (κ3) is 2.85. The molecule has 0 unspecified atom stereocenters. The highest BCUT2D eigenvalue weighted by Crippen LogP contribution is 2.37. The van der Waals surface area contributed by atoms with Gasteiger partial charge in [-0.3, -0.25) is 0 Å². The Bertz CT molecular complexity index is 627. The molecule has 0 spiro atoms. The summed E-state index contributed by atoms with van der Waals surface area (Å²) in [7, 11) is 0. The SMILES string of the molecule is C=C(O)Cc1cccc(O)c1-c1ccccc1C(C)C. The normalized spacial score (nSPS) is 10.8. The molecule has 0 bridgehead atoms. The molecule has 0 atom stereocenters. The molecule has 2 heteroatoms. The molecule has 0 radical (unpaired) electrons. The monoisotopic (exact) mass is 268 g/mol. The van der Waals surface area contributed by atoms with Gasteiger partial charge in [-0.1, -0.05) is 56.8 Å². The number of benzene rings is 2. The van der Waals surface area contributed by atoms with E-state index in [0.29, 0.717) is 12.3 Å². The lowest BCUT2D eigenvalue weighted by atomic mass is 9.89. The van der Waals surface area contributed by atoms with E-state index >= 15 is 0 Å². The zero-order valence-corrected chi connectivity index (χ0v) is 11.9. The van der Waals surface area contributed by atoms with E-state index < -0.39 is 0 Å². The number of phenolic OH excluding ortho intramolecular Hbond substituents is 1. The molecule has 2 rings (SSSR count). The molecule has 0 aromatic heterocycles. The lowest BCUT2D eigenvalue weighted by Gasteiger charge is -2.17. The zero-order chi connectivity index (χ0) is 14.7. The Morgan fingerprint density at radius 3 is 2.45 bits per heavy atom. The Labute approximate surface area is 120 Å². The maximum atomic E-state index is 10.3. The van der Waals surface area contributed by atoms with Gasteiger partial charge in [-0.2, -0.15) is 0 Å². The predicted molar refractivity (Wildman–Crippen MR) is 83.1 cm³/mol. The first-order valence-corrected chi connectivity index (χ1v) is 6.77. The summed E-state index contributed by atoms with van der Waals surface area (Å²) in [5.74, 6) is 0.687. The number of phenols is 1. The number of aliphatic hydroxyl groups is 1. The van der Waals surface area contributed by atoms with E-state index in [0.717, 1.165) is 16.7 Å². The molecule has 0 amide bonds. The smallest absolute Gasteiger partial charge is 0.123 e. The summed E-state index contributed by atoms with van der Waals surface area (Å²) in [6.07, 6.45) is 0.343. The second-order valence-corrected chi connectivity index (χ2v) is 5.30. The van der Waals surface area contributed by atoms with Crippen LogP contribution in [0.3, 0.4) is 0 Å². The quantitative estimate of drug-likeness (QED) is 0.782. The number of aliphatic hydroxyl groups excluding tert-OH is 1. The minimum absolute atomic E-state index is 0.0962. The van der Waals surface area contributed by atoms with E-state index in [2.05, 4.69) is 26.5 Å². The van der Waals surface area contributed by atoms with Crippen LogP contribution in [0.2, 0.25) is 0 Å². The van der Waals surface area contributed by atoms with Crippen molar-refractivity contribution in [1.82, 2.24) is 0 Å². The van der Waals surface area contributed by atoms with Gasteiger partial charge in [0.05, 0.1) is 5.76 Å². The van der Waals surface area contributed by atoms with Crippen molar-refractivity contribution < 1.29 is 10.2 Å². The van der Waals surface area contributed by atoms with Crippen molar-refractivity contribution in [2.75, 3.05) is 0 Å². The second-order valence-electron chi connectivity index (χ2n) is 5.30. The number of hydrogen-bond donors (Lipinski definition) is 2. The van der Waals surface area contributed by atoms with Gasteiger partial charge in [-0.25, -0.2) is 0 Å². The highest BCUT2D eigenvalue weighted by atomic mass is 16.3. The molecule has 0 saturated carbocycles. The third-order valence-corrected chi connectivity index (χ3v) is 3.38. The van der Waals surface area contributed by atoms with Crippen molar-refractivity contribution in [3.63, 3.8) is 0 Å². The third-order valence-electron chi connectivity index (χ3n) is 3.38. The molecule has 0 aliphatic heterocycles. The van der Waals surface area contributed by atoms with E-state index in [9.17, 15) is 10.2 Å². The minimum atomic E-state index is 0.0962. The van der Waals surface area contributed by atoms with E-state index in [4.69, 9.17) is 0 Å². The van der Waals surface area contributed by atoms with Crippen LogP contribution in [0.15, 0.2) is 54.8 Å². The summed E-state index contributed by atoms with van der Waals surface area (Å²) >= 11 is 0. The van der Waals surface area contributed by atoms with Crippen molar-refractivity contribution in [3.05, 3.63) is 65.9 Å². The van der Waals surface area contributed by atoms with E-state index in [-0.39, 0.29) is 11.5 Å². The summed E-state index contributed by atoms with van der Waals surface area (Å²) in [6, 6.07) is 13.4. The topological polar surface area (TPSA) is 40.5 Å². The van der Waals surface area contributed by atoms with Crippen LogP contribution in [0.4, 0.5) is 0 Å². The molecule has 0 heterocycles. The fraction of sp³-hybridized carbons (Fsp3) is 0.222. The fourth-order valence-electron chi connectivity index (χ4n) is 2.49. The van der Waals surface area contributed by atoms with Crippen LogP contribution in [0.5, 0.6) is 5.75 Å². The molecule has 2 aromatic carbocycles. The number of allylic oxidation sites excluding steroid dienone is 1. The molecule has 0 saturated heterocycles. The summed E-state index contributed by atoms with van der Waals surface area (Å²) in [6.45, 7) is 7.80. The average molecular weight is 268 g/mol. The van der Waals surface area contributed by atoms with E-state index in [1.54, 1.807) is 12.1 Å². The molecule has 20 heavy (non-hydrogen) atoms. The number of rotatable bonds is 4. The molecule has 2 aromatic rings. The molecule has 0 fully saturated rings. The first kappa shape index (κ1) is 14.2. The van der Waals surface area contributed by atoms with Crippen molar-refractivity contribution >= 4 is 0 Å². The lowest BCUT2D eigenvalue weighted by molar-refractivity contribution is 0.401. The van der Waals surface area contributed by atoms with Crippen LogP contribution < -0.4 is 0 Å². The molecular formula is C18H20O2. The highest BCUT2D eigenvalue weighted by Gasteiger charge is 2.15. The fourth-order valence-corrected chi connectivity index (χ4v) is 2.49. The maximum absolute atomic E-state index is 10.3. The Balaban J connectivity index is 2.66. The number of hydrogen-bond acceptors (Lipinski definition) is 2. The van der Waals surface area contributed by atoms with Crippen LogP contribution in [0, 0.1) is 0 Å². The van der Waals surface area contributed by atoms with Gasteiger partial charge < -0.3 is 10.2 Å². The molecule has 104 valence electrons. The largest absolute Gasteiger partial charge is 0.513 e. The summed E-state index contributed by atoms with van der Waals surface area (Å²) in [5, 5.41) is 19.7. The Hall–Kier alpha value is -2.22. The number of aromatic hydroxyl groups is 1. The van der Waals surface area contributed by atoms with Gasteiger partial charge >= 0.3 is 0 Å². The zero-order valence-electron chi connectivity index (χ0n) is 11.9. The second kappa shape index (κ2) is 5.83. The van der Waals surface area contributed by atoms with Gasteiger partial charge in [0.1, 0.15) is 5.75 Å². The van der Waals surface area contributed by atoms with Crippen LogP contribution in [-0.2, 0) is 6.42 Å². The maximum Gasteiger partial charge on any atom is 0.123 e. The lowest BCUT2D eigenvalue weighted by Crippen LogP contribution is -1.97. The predicted octanol–water partition coefficient (Wildman–Crippen LogP) is 4.80. The Morgan fingerprint density at radius 2 is 1.80 bits per heavy atom. The van der Waals surface area contributed by atoms with Crippen molar-refractivity contribution in [2.45, 2.75) is 26.2 Å². The molecule has 0 aliphatic rings. The van der Waals surface area contributed by atoms with Crippen molar-refractivity contribution in [1.29, 1.82) is 0 Å².